The third-order valence-electron chi connectivity index (χ3n) is 4.72. The SMILES string of the molecule is O=C(O)C1CN(C(=O)c2cncs2)CC12CN(c1ncccn1)C2. The number of amides is 1. The van der Waals surface area contributed by atoms with Gasteiger partial charge in [0.05, 0.1) is 17.6 Å². The fraction of sp³-hybridized carbons (Fsp3) is 0.400. The Balaban J connectivity index is 1.53. The van der Waals surface area contributed by atoms with Crippen LogP contribution in [0.5, 0.6) is 0 Å². The number of anilines is 1. The summed E-state index contributed by atoms with van der Waals surface area (Å²) in [7, 11) is 0. The molecule has 1 spiro atoms. The molecule has 4 rings (SSSR count). The number of carboxylic acids is 1. The van der Waals surface area contributed by atoms with Gasteiger partial charge in [-0.15, -0.1) is 11.3 Å². The van der Waals surface area contributed by atoms with Gasteiger partial charge in [-0.05, 0) is 6.07 Å². The fourth-order valence-electron chi connectivity index (χ4n) is 3.57. The standard InChI is InChI=1S/C15H15N5O3S/c21-12(11-4-16-9-24-11)19-5-10(13(22)23)15(6-19)7-20(8-15)14-17-2-1-3-18-14/h1-4,9-10H,5-8H2,(H,22,23). The highest BCUT2D eigenvalue weighted by Gasteiger charge is 2.58. The first-order valence-electron chi connectivity index (χ1n) is 7.52. The molecule has 8 nitrogen and oxygen atoms in total. The topological polar surface area (TPSA) is 99.5 Å². The van der Waals surface area contributed by atoms with Gasteiger partial charge < -0.3 is 14.9 Å². The number of rotatable bonds is 3. The normalized spacial score (nSPS) is 21.8. The van der Waals surface area contributed by atoms with Gasteiger partial charge in [0.2, 0.25) is 5.95 Å². The van der Waals surface area contributed by atoms with E-state index in [1.807, 2.05) is 4.90 Å². The van der Waals surface area contributed by atoms with Gasteiger partial charge in [0.1, 0.15) is 4.88 Å². The summed E-state index contributed by atoms with van der Waals surface area (Å²) in [5, 5.41) is 9.60. The number of carbonyl (C=O) groups excluding carboxylic acids is 1. The zero-order valence-corrected chi connectivity index (χ0v) is 13.5. The minimum Gasteiger partial charge on any atom is -0.481 e. The highest BCUT2D eigenvalue weighted by Crippen LogP contribution is 2.45. The van der Waals surface area contributed by atoms with E-state index in [-0.39, 0.29) is 12.5 Å². The number of carbonyl (C=O) groups is 2. The highest BCUT2D eigenvalue weighted by atomic mass is 32.1. The van der Waals surface area contributed by atoms with E-state index in [4.69, 9.17) is 0 Å². The van der Waals surface area contributed by atoms with Crippen molar-refractivity contribution in [2.24, 2.45) is 11.3 Å². The maximum Gasteiger partial charge on any atom is 0.309 e. The summed E-state index contributed by atoms with van der Waals surface area (Å²) < 4.78 is 0. The number of likely N-dealkylation sites (tertiary alicyclic amines) is 1. The van der Waals surface area contributed by atoms with Crippen LogP contribution in [0.4, 0.5) is 5.95 Å². The van der Waals surface area contributed by atoms with Crippen molar-refractivity contribution in [3.05, 3.63) is 35.0 Å². The van der Waals surface area contributed by atoms with Gasteiger partial charge in [0.15, 0.2) is 0 Å². The monoisotopic (exact) mass is 345 g/mol. The van der Waals surface area contributed by atoms with Crippen molar-refractivity contribution >= 4 is 29.2 Å². The first-order valence-corrected chi connectivity index (χ1v) is 8.40. The number of hydrogen-bond acceptors (Lipinski definition) is 7. The third kappa shape index (κ3) is 2.32. The second-order valence-corrected chi connectivity index (χ2v) is 7.10. The van der Waals surface area contributed by atoms with Crippen LogP contribution in [0, 0.1) is 11.3 Å². The number of nitrogens with zero attached hydrogens (tertiary/aromatic N) is 5. The molecule has 2 aliphatic rings. The van der Waals surface area contributed by atoms with E-state index >= 15 is 0 Å². The van der Waals surface area contributed by atoms with Gasteiger partial charge in [-0.25, -0.2) is 9.97 Å². The summed E-state index contributed by atoms with van der Waals surface area (Å²) in [4.78, 5) is 40.7. The molecule has 0 aliphatic carbocycles. The lowest BCUT2D eigenvalue weighted by Crippen LogP contribution is -2.62. The van der Waals surface area contributed by atoms with Crippen LogP contribution in [0.25, 0.3) is 0 Å². The molecule has 1 N–H and O–H groups in total. The number of hydrogen-bond donors (Lipinski definition) is 1. The molecule has 2 aromatic heterocycles. The maximum absolute atomic E-state index is 12.5. The second-order valence-electron chi connectivity index (χ2n) is 6.21. The molecule has 2 fully saturated rings. The molecule has 2 saturated heterocycles. The Hall–Kier alpha value is -2.55. The Morgan fingerprint density at radius 2 is 2.00 bits per heavy atom. The minimum absolute atomic E-state index is 0.143. The molecule has 2 aromatic rings. The van der Waals surface area contributed by atoms with Crippen LogP contribution in [0.3, 0.4) is 0 Å². The minimum atomic E-state index is -0.858. The fourth-order valence-corrected chi connectivity index (χ4v) is 4.16. The molecule has 1 atom stereocenters. The van der Waals surface area contributed by atoms with Crippen molar-refractivity contribution in [1.29, 1.82) is 0 Å². The van der Waals surface area contributed by atoms with Crippen molar-refractivity contribution < 1.29 is 14.7 Å². The van der Waals surface area contributed by atoms with Gasteiger partial charge in [0.25, 0.3) is 5.91 Å². The van der Waals surface area contributed by atoms with Crippen molar-refractivity contribution in [3.8, 4) is 0 Å². The van der Waals surface area contributed by atoms with Crippen LogP contribution in [-0.2, 0) is 4.79 Å². The third-order valence-corrected chi connectivity index (χ3v) is 5.48. The van der Waals surface area contributed by atoms with Gasteiger partial charge >= 0.3 is 5.97 Å². The molecule has 0 bridgehead atoms. The summed E-state index contributed by atoms with van der Waals surface area (Å²) in [6.07, 6.45) is 4.85. The van der Waals surface area contributed by atoms with Crippen LogP contribution in [-0.4, -0.2) is 63.0 Å². The summed E-state index contributed by atoms with van der Waals surface area (Å²) in [6, 6.07) is 1.74. The lowest BCUT2D eigenvalue weighted by molar-refractivity contribution is -0.145. The summed E-state index contributed by atoms with van der Waals surface area (Å²) in [5.41, 5.74) is 1.16. The van der Waals surface area contributed by atoms with Crippen molar-refractivity contribution in [2.45, 2.75) is 0 Å². The smallest absolute Gasteiger partial charge is 0.309 e. The van der Waals surface area contributed by atoms with Crippen LogP contribution in [0.1, 0.15) is 9.67 Å². The number of carboxylic acid groups (broad SMARTS) is 1. The van der Waals surface area contributed by atoms with E-state index in [0.717, 1.165) is 0 Å². The van der Waals surface area contributed by atoms with Gasteiger partial charge in [0, 0.05) is 44.0 Å². The van der Waals surface area contributed by atoms with Crippen LogP contribution in [0.15, 0.2) is 30.2 Å². The first-order chi connectivity index (χ1) is 11.6. The molecule has 9 heteroatoms. The maximum atomic E-state index is 12.5. The lowest BCUT2D eigenvalue weighted by Gasteiger charge is -2.49. The van der Waals surface area contributed by atoms with Gasteiger partial charge in [-0.3, -0.25) is 14.6 Å². The van der Waals surface area contributed by atoms with E-state index in [9.17, 15) is 14.7 Å². The van der Waals surface area contributed by atoms with Crippen molar-refractivity contribution in [1.82, 2.24) is 19.9 Å². The van der Waals surface area contributed by atoms with E-state index in [0.29, 0.717) is 30.5 Å². The molecule has 1 unspecified atom stereocenters. The molecule has 0 radical (unpaired) electrons. The van der Waals surface area contributed by atoms with Crippen LogP contribution >= 0.6 is 11.3 Å². The summed E-state index contributed by atoms with van der Waals surface area (Å²) in [5.74, 6) is -0.980. The second kappa shape index (κ2) is 5.52. The van der Waals surface area contributed by atoms with Crippen molar-refractivity contribution in [2.75, 3.05) is 31.1 Å². The predicted molar refractivity (Wildman–Crippen MR) is 85.8 cm³/mol. The number of thiazole rings is 1. The van der Waals surface area contributed by atoms with Crippen molar-refractivity contribution in [3.63, 3.8) is 0 Å². The molecule has 0 saturated carbocycles. The molecule has 2 aliphatic heterocycles. The van der Waals surface area contributed by atoms with Crippen LogP contribution in [0.2, 0.25) is 0 Å². The number of aliphatic carboxylic acids is 1. The lowest BCUT2D eigenvalue weighted by atomic mass is 9.71. The molecule has 24 heavy (non-hydrogen) atoms. The zero-order chi connectivity index (χ0) is 16.7. The predicted octanol–water partition coefficient (Wildman–Crippen LogP) is 0.596. The van der Waals surface area contributed by atoms with E-state index < -0.39 is 17.3 Å². The number of aromatic nitrogens is 3. The molecular weight excluding hydrogens is 330 g/mol. The van der Waals surface area contributed by atoms with Crippen LogP contribution < -0.4 is 4.90 Å². The Morgan fingerprint density at radius 1 is 1.25 bits per heavy atom. The van der Waals surface area contributed by atoms with Gasteiger partial charge in [-0.2, -0.15) is 0 Å². The molecule has 124 valence electrons. The summed E-state index contributed by atoms with van der Waals surface area (Å²) in [6.45, 7) is 1.75. The molecular formula is C15H15N5O3S. The van der Waals surface area contributed by atoms with E-state index in [2.05, 4.69) is 15.0 Å². The Labute approximate surface area is 141 Å². The molecule has 0 aromatic carbocycles. The quantitative estimate of drug-likeness (QED) is 0.869. The first kappa shape index (κ1) is 15.0. The molecule has 4 heterocycles. The average molecular weight is 345 g/mol. The zero-order valence-electron chi connectivity index (χ0n) is 12.7. The Bertz CT molecular complexity index is 761. The average Bonchev–Trinajstić information content (AvgIpc) is 3.21. The highest BCUT2D eigenvalue weighted by molar-refractivity contribution is 7.11. The van der Waals surface area contributed by atoms with E-state index in [1.54, 1.807) is 28.9 Å². The Kier molecular flexibility index (Phi) is 3.45. The van der Waals surface area contributed by atoms with Gasteiger partial charge in [-0.1, -0.05) is 0 Å². The summed E-state index contributed by atoms with van der Waals surface area (Å²) >= 11 is 1.27. The largest absolute Gasteiger partial charge is 0.481 e. The molecule has 1 amide bonds. The van der Waals surface area contributed by atoms with E-state index in [1.165, 1.54) is 17.5 Å². The Morgan fingerprint density at radius 3 is 2.62 bits per heavy atom.